The number of ether oxygens (including phenoxy) is 1. The number of esters is 1. The van der Waals surface area contributed by atoms with E-state index < -0.39 is 17.8 Å². The largest absolute Gasteiger partial charge is 0.481 e. The van der Waals surface area contributed by atoms with E-state index in [0.717, 1.165) is 12.8 Å². The molecule has 2 saturated carbocycles. The molecule has 0 spiro atoms. The average molecular weight is 395 g/mol. The highest BCUT2D eigenvalue weighted by Crippen LogP contribution is 2.44. The highest BCUT2D eigenvalue weighted by atomic mass is 16.5. The second kappa shape index (κ2) is 9.17. The summed E-state index contributed by atoms with van der Waals surface area (Å²) in [5.41, 5.74) is 0.0563. The molecule has 0 saturated heterocycles. The van der Waals surface area contributed by atoms with Gasteiger partial charge in [-0.05, 0) is 67.6 Å². The SMILES string of the molecule is CC1CC(C)C(C(CC(C)(C)C)OC(=O)C2CCC(C)CC2C(=O)O)C(C)C1. The minimum Gasteiger partial charge on any atom is -0.481 e. The van der Waals surface area contributed by atoms with Crippen LogP contribution in [0.4, 0.5) is 0 Å². The maximum atomic E-state index is 13.2. The Morgan fingerprint density at radius 1 is 0.929 bits per heavy atom. The van der Waals surface area contributed by atoms with Gasteiger partial charge in [0.25, 0.3) is 0 Å². The monoisotopic (exact) mass is 394 g/mol. The summed E-state index contributed by atoms with van der Waals surface area (Å²) in [5.74, 6) is 0.225. The van der Waals surface area contributed by atoms with E-state index in [2.05, 4.69) is 48.5 Å². The van der Waals surface area contributed by atoms with Gasteiger partial charge in [-0.3, -0.25) is 9.59 Å². The third kappa shape index (κ3) is 5.97. The highest BCUT2D eigenvalue weighted by molar-refractivity contribution is 5.81. The molecule has 0 aromatic heterocycles. The predicted octanol–water partition coefficient (Wildman–Crippen LogP) is 5.79. The smallest absolute Gasteiger partial charge is 0.310 e. The van der Waals surface area contributed by atoms with Gasteiger partial charge in [0, 0.05) is 5.92 Å². The fraction of sp³-hybridized carbons (Fsp3) is 0.917. The van der Waals surface area contributed by atoms with Crippen molar-refractivity contribution in [2.24, 2.45) is 46.8 Å². The normalized spacial score (nSPS) is 37.9. The van der Waals surface area contributed by atoms with Crippen LogP contribution in [0, 0.1) is 46.8 Å². The van der Waals surface area contributed by atoms with Crippen molar-refractivity contribution in [2.45, 2.75) is 93.1 Å². The lowest BCUT2D eigenvalue weighted by Gasteiger charge is -2.44. The van der Waals surface area contributed by atoms with Gasteiger partial charge in [-0.2, -0.15) is 0 Å². The van der Waals surface area contributed by atoms with Crippen LogP contribution in [0.1, 0.15) is 87.0 Å². The Bertz CT molecular complexity index is 537. The van der Waals surface area contributed by atoms with E-state index in [-0.39, 0.29) is 17.5 Å². The Morgan fingerprint density at radius 3 is 2.00 bits per heavy atom. The van der Waals surface area contributed by atoms with Gasteiger partial charge in [-0.1, -0.05) is 48.5 Å². The van der Waals surface area contributed by atoms with Crippen molar-refractivity contribution >= 4 is 11.9 Å². The van der Waals surface area contributed by atoms with Gasteiger partial charge in [-0.15, -0.1) is 0 Å². The van der Waals surface area contributed by atoms with Gasteiger partial charge in [0.15, 0.2) is 0 Å². The third-order valence-corrected chi connectivity index (χ3v) is 7.11. The first-order valence-electron chi connectivity index (χ1n) is 11.3. The lowest BCUT2D eigenvalue weighted by molar-refractivity contribution is -0.171. The molecular formula is C24H42O4. The Hall–Kier alpha value is -1.06. The second-order valence-corrected chi connectivity index (χ2v) is 11.3. The molecule has 162 valence electrons. The third-order valence-electron chi connectivity index (χ3n) is 7.11. The van der Waals surface area contributed by atoms with Crippen molar-refractivity contribution in [3.05, 3.63) is 0 Å². The van der Waals surface area contributed by atoms with Gasteiger partial charge in [0.05, 0.1) is 11.8 Å². The van der Waals surface area contributed by atoms with Crippen LogP contribution in [0.5, 0.6) is 0 Å². The topological polar surface area (TPSA) is 63.6 Å². The molecule has 2 aliphatic rings. The van der Waals surface area contributed by atoms with Gasteiger partial charge < -0.3 is 9.84 Å². The summed E-state index contributed by atoms with van der Waals surface area (Å²) < 4.78 is 6.19. The minimum absolute atomic E-state index is 0.0563. The zero-order valence-electron chi connectivity index (χ0n) is 19.0. The molecule has 0 bridgehead atoms. The Balaban J connectivity index is 2.19. The van der Waals surface area contributed by atoms with Crippen LogP contribution in [0.2, 0.25) is 0 Å². The summed E-state index contributed by atoms with van der Waals surface area (Å²) in [5, 5.41) is 9.65. The fourth-order valence-corrected chi connectivity index (χ4v) is 6.01. The molecule has 2 rings (SSSR count). The Kier molecular flexibility index (Phi) is 7.61. The van der Waals surface area contributed by atoms with Crippen molar-refractivity contribution in [3.8, 4) is 0 Å². The molecule has 6 unspecified atom stereocenters. The first kappa shape index (κ1) is 23.2. The van der Waals surface area contributed by atoms with E-state index in [4.69, 9.17) is 4.74 Å². The summed E-state index contributed by atoms with van der Waals surface area (Å²) in [6.07, 6.45) is 5.16. The summed E-state index contributed by atoms with van der Waals surface area (Å²) >= 11 is 0. The van der Waals surface area contributed by atoms with E-state index in [1.165, 1.54) is 12.8 Å². The van der Waals surface area contributed by atoms with E-state index in [1.54, 1.807) is 0 Å². The lowest BCUT2D eigenvalue weighted by atomic mass is 9.65. The standard InChI is InChI=1S/C24H42O4/c1-14-8-9-18(19(12-14)22(25)26)23(27)28-20(13-24(5,6)7)21-16(3)10-15(2)11-17(21)4/h14-21H,8-13H2,1-7H3,(H,25,26). The van der Waals surface area contributed by atoms with Gasteiger partial charge in [0.2, 0.25) is 0 Å². The summed E-state index contributed by atoms with van der Waals surface area (Å²) in [6.45, 7) is 15.6. The molecule has 1 N–H and O–H groups in total. The fourth-order valence-electron chi connectivity index (χ4n) is 6.01. The second-order valence-electron chi connectivity index (χ2n) is 11.3. The van der Waals surface area contributed by atoms with Crippen LogP contribution in [-0.4, -0.2) is 23.1 Å². The Morgan fingerprint density at radius 2 is 1.50 bits per heavy atom. The zero-order chi connectivity index (χ0) is 21.2. The number of rotatable bonds is 5. The van der Waals surface area contributed by atoms with Gasteiger partial charge in [-0.25, -0.2) is 0 Å². The van der Waals surface area contributed by atoms with Crippen molar-refractivity contribution in [2.75, 3.05) is 0 Å². The molecular weight excluding hydrogens is 352 g/mol. The van der Waals surface area contributed by atoms with Crippen molar-refractivity contribution in [3.63, 3.8) is 0 Å². The number of carboxylic acids is 1. The maximum Gasteiger partial charge on any atom is 0.310 e. The van der Waals surface area contributed by atoms with Crippen LogP contribution in [0.15, 0.2) is 0 Å². The zero-order valence-corrected chi connectivity index (χ0v) is 19.0. The number of hydrogen-bond donors (Lipinski definition) is 1. The van der Waals surface area contributed by atoms with Crippen LogP contribution in [-0.2, 0) is 14.3 Å². The molecule has 0 heterocycles. The molecule has 0 amide bonds. The predicted molar refractivity (Wildman–Crippen MR) is 112 cm³/mol. The molecule has 4 heteroatoms. The first-order chi connectivity index (χ1) is 12.9. The molecule has 2 fully saturated rings. The molecule has 2 aliphatic carbocycles. The first-order valence-corrected chi connectivity index (χ1v) is 11.3. The van der Waals surface area contributed by atoms with E-state index in [9.17, 15) is 14.7 Å². The Labute approximate surface area is 171 Å². The number of carbonyl (C=O) groups excluding carboxylic acids is 1. The molecule has 0 aliphatic heterocycles. The van der Waals surface area contributed by atoms with Crippen molar-refractivity contribution < 1.29 is 19.4 Å². The summed E-state index contributed by atoms with van der Waals surface area (Å²) in [6, 6.07) is 0. The molecule has 0 aromatic rings. The quantitative estimate of drug-likeness (QED) is 0.599. The van der Waals surface area contributed by atoms with Crippen LogP contribution >= 0.6 is 0 Å². The number of carbonyl (C=O) groups is 2. The van der Waals surface area contributed by atoms with E-state index in [1.807, 2.05) is 0 Å². The van der Waals surface area contributed by atoms with Crippen LogP contribution in [0.25, 0.3) is 0 Å². The average Bonchev–Trinajstić information content (AvgIpc) is 2.51. The summed E-state index contributed by atoms with van der Waals surface area (Å²) in [4.78, 5) is 24.9. The molecule has 4 nitrogen and oxygen atoms in total. The minimum atomic E-state index is -0.853. The maximum absolute atomic E-state index is 13.2. The van der Waals surface area contributed by atoms with Gasteiger partial charge in [0.1, 0.15) is 6.10 Å². The van der Waals surface area contributed by atoms with Crippen LogP contribution in [0.3, 0.4) is 0 Å². The van der Waals surface area contributed by atoms with E-state index in [0.29, 0.717) is 42.4 Å². The summed E-state index contributed by atoms with van der Waals surface area (Å²) in [7, 11) is 0. The van der Waals surface area contributed by atoms with Gasteiger partial charge >= 0.3 is 11.9 Å². The molecule has 6 atom stereocenters. The van der Waals surface area contributed by atoms with E-state index >= 15 is 0 Å². The van der Waals surface area contributed by atoms with Crippen molar-refractivity contribution in [1.82, 2.24) is 0 Å². The van der Waals surface area contributed by atoms with Crippen LogP contribution < -0.4 is 0 Å². The molecule has 28 heavy (non-hydrogen) atoms. The highest BCUT2D eigenvalue weighted by Gasteiger charge is 2.44. The number of carboxylic acid groups (broad SMARTS) is 1. The lowest BCUT2D eigenvalue weighted by Crippen LogP contribution is -2.44. The molecule has 0 aromatic carbocycles. The number of hydrogen-bond acceptors (Lipinski definition) is 3. The molecule has 0 radical (unpaired) electrons. The van der Waals surface area contributed by atoms with Crippen molar-refractivity contribution in [1.29, 1.82) is 0 Å². The number of aliphatic carboxylic acids is 1.